The van der Waals surface area contributed by atoms with Gasteiger partial charge in [0, 0.05) is 12.7 Å². The number of carbonyl (C=O) groups is 1. The Morgan fingerprint density at radius 3 is 2.65 bits per heavy atom. The van der Waals surface area contributed by atoms with E-state index in [0.717, 1.165) is 17.5 Å². The summed E-state index contributed by atoms with van der Waals surface area (Å²) >= 11 is 0. The third kappa shape index (κ3) is 4.10. The summed E-state index contributed by atoms with van der Waals surface area (Å²) in [4.78, 5) is 12.4. The Kier molecular flexibility index (Phi) is 4.74. The Morgan fingerprint density at radius 1 is 1.35 bits per heavy atom. The van der Waals surface area contributed by atoms with E-state index in [1.54, 1.807) is 36.9 Å². The van der Waals surface area contributed by atoms with Crippen LogP contribution in [0.5, 0.6) is 0 Å². The van der Waals surface area contributed by atoms with Gasteiger partial charge in [-0.25, -0.2) is 8.42 Å². The molecule has 0 aliphatic carbocycles. The number of benzene rings is 1. The van der Waals surface area contributed by atoms with E-state index in [9.17, 15) is 13.2 Å². The van der Waals surface area contributed by atoms with Gasteiger partial charge in [0.05, 0.1) is 29.4 Å². The lowest BCUT2D eigenvalue weighted by Crippen LogP contribution is -2.15. The topological polar surface area (TPSA) is 93.1 Å². The van der Waals surface area contributed by atoms with Crippen molar-refractivity contribution in [2.45, 2.75) is 20.3 Å². The van der Waals surface area contributed by atoms with Crippen LogP contribution in [0, 0.1) is 6.92 Å². The number of anilines is 2. The molecular formula is C15H20N4O3S. The summed E-state index contributed by atoms with van der Waals surface area (Å²) in [7, 11) is -1.59. The van der Waals surface area contributed by atoms with E-state index in [2.05, 4.69) is 15.1 Å². The predicted octanol–water partition coefficient (Wildman–Crippen LogP) is 1.91. The van der Waals surface area contributed by atoms with E-state index in [0.29, 0.717) is 23.4 Å². The van der Waals surface area contributed by atoms with Gasteiger partial charge in [0.1, 0.15) is 0 Å². The second-order valence-corrected chi connectivity index (χ2v) is 7.09. The first kappa shape index (κ1) is 17.0. The smallest absolute Gasteiger partial charge is 0.259 e. The maximum absolute atomic E-state index is 12.4. The fourth-order valence-electron chi connectivity index (χ4n) is 2.28. The van der Waals surface area contributed by atoms with E-state index >= 15 is 0 Å². The number of aromatic nitrogens is 2. The summed E-state index contributed by atoms with van der Waals surface area (Å²) in [6, 6.07) is 5.06. The quantitative estimate of drug-likeness (QED) is 0.872. The molecule has 124 valence electrons. The third-order valence-corrected chi connectivity index (χ3v) is 4.02. The van der Waals surface area contributed by atoms with Gasteiger partial charge in [-0.3, -0.25) is 14.2 Å². The average molecular weight is 336 g/mol. The predicted molar refractivity (Wildman–Crippen MR) is 90.2 cm³/mol. The van der Waals surface area contributed by atoms with Crippen molar-refractivity contribution in [2.24, 2.45) is 7.05 Å². The van der Waals surface area contributed by atoms with Crippen LogP contribution in [0.3, 0.4) is 0 Å². The first-order chi connectivity index (χ1) is 10.7. The lowest BCUT2D eigenvalue weighted by molar-refractivity contribution is 0.102. The molecule has 0 fully saturated rings. The molecule has 23 heavy (non-hydrogen) atoms. The van der Waals surface area contributed by atoms with Crippen molar-refractivity contribution in [3.05, 3.63) is 41.2 Å². The van der Waals surface area contributed by atoms with Crippen LogP contribution in [-0.2, 0) is 23.5 Å². The monoisotopic (exact) mass is 336 g/mol. The summed E-state index contributed by atoms with van der Waals surface area (Å²) in [5.41, 5.74) is 3.06. The number of aryl methyl sites for hydroxylation is 2. The maximum atomic E-state index is 12.4. The van der Waals surface area contributed by atoms with E-state index in [4.69, 9.17) is 0 Å². The molecule has 0 aliphatic rings. The van der Waals surface area contributed by atoms with Crippen LogP contribution in [0.15, 0.2) is 24.4 Å². The number of nitrogens with one attached hydrogen (secondary N) is 2. The first-order valence-electron chi connectivity index (χ1n) is 7.12. The average Bonchev–Trinajstić information content (AvgIpc) is 2.82. The molecule has 8 heteroatoms. The Labute approximate surface area is 135 Å². The zero-order valence-corrected chi connectivity index (χ0v) is 14.4. The van der Waals surface area contributed by atoms with Gasteiger partial charge in [-0.1, -0.05) is 13.0 Å². The van der Waals surface area contributed by atoms with Crippen molar-refractivity contribution in [1.82, 2.24) is 9.78 Å². The maximum Gasteiger partial charge on any atom is 0.259 e. The highest BCUT2D eigenvalue weighted by atomic mass is 32.2. The van der Waals surface area contributed by atoms with Gasteiger partial charge in [0.25, 0.3) is 5.91 Å². The number of carbonyl (C=O) groups excluding carboxylic acids is 1. The van der Waals surface area contributed by atoms with Gasteiger partial charge >= 0.3 is 0 Å². The third-order valence-electron chi connectivity index (χ3n) is 3.43. The molecule has 0 bridgehead atoms. The number of amides is 1. The molecule has 7 nitrogen and oxygen atoms in total. The van der Waals surface area contributed by atoms with Crippen LogP contribution in [0.4, 0.5) is 11.4 Å². The lowest BCUT2D eigenvalue weighted by atomic mass is 10.1. The number of hydrogen-bond acceptors (Lipinski definition) is 4. The second-order valence-electron chi connectivity index (χ2n) is 5.34. The minimum absolute atomic E-state index is 0.274. The van der Waals surface area contributed by atoms with Crippen molar-refractivity contribution in [1.29, 1.82) is 0 Å². The van der Waals surface area contributed by atoms with Gasteiger partial charge < -0.3 is 5.32 Å². The molecule has 2 N–H and O–H groups in total. The zero-order chi connectivity index (χ0) is 17.2. The van der Waals surface area contributed by atoms with E-state index < -0.39 is 10.0 Å². The molecule has 0 saturated carbocycles. The molecule has 0 atom stereocenters. The number of nitrogens with zero attached hydrogens (tertiary/aromatic N) is 2. The Balaban J connectivity index is 2.26. The van der Waals surface area contributed by atoms with Crippen molar-refractivity contribution in [3.8, 4) is 0 Å². The molecule has 2 aromatic rings. The Bertz CT molecular complexity index is 840. The molecule has 0 radical (unpaired) electrons. The van der Waals surface area contributed by atoms with Crippen molar-refractivity contribution in [2.75, 3.05) is 16.3 Å². The summed E-state index contributed by atoms with van der Waals surface area (Å²) < 4.78 is 26.9. The Hall–Kier alpha value is -2.35. The molecule has 1 amide bonds. The number of rotatable bonds is 5. The highest BCUT2D eigenvalue weighted by Crippen LogP contribution is 2.22. The van der Waals surface area contributed by atoms with Crippen LogP contribution in [0.2, 0.25) is 0 Å². The fraction of sp³-hybridized carbons (Fsp3) is 0.333. The van der Waals surface area contributed by atoms with E-state index in [-0.39, 0.29) is 5.91 Å². The van der Waals surface area contributed by atoms with Gasteiger partial charge in [-0.15, -0.1) is 0 Å². The van der Waals surface area contributed by atoms with Crippen molar-refractivity contribution < 1.29 is 13.2 Å². The molecule has 0 spiro atoms. The zero-order valence-electron chi connectivity index (χ0n) is 13.5. The second kappa shape index (κ2) is 6.41. The molecule has 0 aliphatic heterocycles. The summed E-state index contributed by atoms with van der Waals surface area (Å²) in [6.45, 7) is 3.74. The number of sulfonamides is 1. The molecule has 0 unspecified atom stereocenters. The first-order valence-corrected chi connectivity index (χ1v) is 9.01. The van der Waals surface area contributed by atoms with E-state index in [1.165, 1.54) is 6.20 Å². The summed E-state index contributed by atoms with van der Waals surface area (Å²) in [5.74, 6) is -0.274. The Morgan fingerprint density at radius 2 is 2.04 bits per heavy atom. The van der Waals surface area contributed by atoms with E-state index in [1.807, 2.05) is 6.92 Å². The van der Waals surface area contributed by atoms with Crippen LogP contribution in [0.1, 0.15) is 28.5 Å². The van der Waals surface area contributed by atoms with Crippen LogP contribution in [-0.4, -0.2) is 30.4 Å². The minimum atomic E-state index is -3.38. The van der Waals surface area contributed by atoms with Gasteiger partial charge in [-0.05, 0) is 31.0 Å². The molecule has 0 saturated heterocycles. The number of hydrogen-bond donors (Lipinski definition) is 2. The van der Waals surface area contributed by atoms with Crippen LogP contribution in [0.25, 0.3) is 0 Å². The molecule has 1 aromatic carbocycles. The SMILES string of the molecule is CCc1c(C(=O)Nc2ccc(C)c(NS(C)(=O)=O)c2)cnn1C. The molecule has 2 rings (SSSR count). The lowest BCUT2D eigenvalue weighted by Gasteiger charge is -2.11. The van der Waals surface area contributed by atoms with Crippen molar-refractivity contribution in [3.63, 3.8) is 0 Å². The molecule has 1 aromatic heterocycles. The highest BCUT2D eigenvalue weighted by molar-refractivity contribution is 7.92. The standard InChI is InChI=1S/C15H20N4O3S/c1-5-14-12(9-16-19(14)3)15(20)17-11-7-6-10(2)13(8-11)18-23(4,21)22/h6-9,18H,5H2,1-4H3,(H,17,20). The van der Waals surface area contributed by atoms with Crippen LogP contribution < -0.4 is 10.0 Å². The molecule has 1 heterocycles. The largest absolute Gasteiger partial charge is 0.322 e. The molecular weight excluding hydrogens is 316 g/mol. The fourth-order valence-corrected chi connectivity index (χ4v) is 2.90. The van der Waals surface area contributed by atoms with Crippen molar-refractivity contribution >= 4 is 27.3 Å². The van der Waals surface area contributed by atoms with Gasteiger partial charge in [0.2, 0.25) is 10.0 Å². The highest BCUT2D eigenvalue weighted by Gasteiger charge is 2.15. The van der Waals surface area contributed by atoms with Gasteiger partial charge in [-0.2, -0.15) is 5.10 Å². The normalized spacial score (nSPS) is 11.3. The summed E-state index contributed by atoms with van der Waals surface area (Å²) in [5, 5.41) is 6.87. The minimum Gasteiger partial charge on any atom is -0.322 e. The van der Waals surface area contributed by atoms with Gasteiger partial charge in [0.15, 0.2) is 0 Å². The summed E-state index contributed by atoms with van der Waals surface area (Å²) in [6.07, 6.45) is 3.30. The van der Waals surface area contributed by atoms with Crippen LogP contribution >= 0.6 is 0 Å².